The summed E-state index contributed by atoms with van der Waals surface area (Å²) in [5, 5.41) is 2.56. The fourth-order valence-corrected chi connectivity index (χ4v) is 4.23. The average molecular weight is 389 g/mol. The highest BCUT2D eigenvalue weighted by atomic mass is 15.1. The lowest BCUT2D eigenvalue weighted by atomic mass is 10.2. The van der Waals surface area contributed by atoms with Gasteiger partial charge in [-0.1, -0.05) is 66.7 Å². The molecule has 0 spiro atoms. The van der Waals surface area contributed by atoms with E-state index < -0.39 is 0 Å². The summed E-state index contributed by atoms with van der Waals surface area (Å²) in [6.45, 7) is 4.24. The highest BCUT2D eigenvalue weighted by Crippen LogP contribution is 2.35. The second-order valence-electron chi connectivity index (χ2n) is 7.49. The van der Waals surface area contributed by atoms with E-state index in [2.05, 4.69) is 133 Å². The number of hydrogen-bond donors (Lipinski definition) is 0. The van der Waals surface area contributed by atoms with Crippen LogP contribution in [0.25, 0.3) is 27.5 Å². The lowest BCUT2D eigenvalue weighted by Crippen LogP contribution is -2.14. The standard InChI is InChI=1S/C28H24N2/c1-3-21(2)29(22-12-5-4-6-13-22)23-14-11-15-24(20-23)30-27-18-9-7-16-25(27)26-17-8-10-19-28(26)30/h3-20H,1-2H3/b21-3+. The van der Waals surface area contributed by atoms with E-state index in [9.17, 15) is 0 Å². The molecule has 0 saturated carbocycles. The number of fused-ring (bicyclic) bond motifs is 3. The Morgan fingerprint density at radius 2 is 1.23 bits per heavy atom. The number of allylic oxidation sites excluding steroid dienone is 2. The monoisotopic (exact) mass is 388 g/mol. The SMILES string of the molecule is C/C=C(\C)N(c1ccccc1)c1cccc(-n2c3ccccc3c3ccccc32)c1. The predicted octanol–water partition coefficient (Wildman–Crippen LogP) is 7.85. The van der Waals surface area contributed by atoms with Gasteiger partial charge in [-0.2, -0.15) is 0 Å². The van der Waals surface area contributed by atoms with Gasteiger partial charge in [0.1, 0.15) is 0 Å². The van der Waals surface area contributed by atoms with Crippen LogP contribution in [0, 0.1) is 0 Å². The highest BCUT2D eigenvalue weighted by molar-refractivity contribution is 6.09. The smallest absolute Gasteiger partial charge is 0.0541 e. The third-order valence-electron chi connectivity index (χ3n) is 5.71. The van der Waals surface area contributed by atoms with Gasteiger partial charge in [-0.25, -0.2) is 0 Å². The Morgan fingerprint density at radius 1 is 0.667 bits per heavy atom. The highest BCUT2D eigenvalue weighted by Gasteiger charge is 2.15. The maximum atomic E-state index is 2.36. The van der Waals surface area contributed by atoms with Crippen molar-refractivity contribution in [1.82, 2.24) is 4.57 Å². The first kappa shape index (κ1) is 18.3. The van der Waals surface area contributed by atoms with Crippen molar-refractivity contribution in [3.63, 3.8) is 0 Å². The Labute approximate surface area is 177 Å². The third kappa shape index (κ3) is 2.98. The zero-order chi connectivity index (χ0) is 20.5. The van der Waals surface area contributed by atoms with Gasteiger partial charge >= 0.3 is 0 Å². The average Bonchev–Trinajstić information content (AvgIpc) is 3.14. The van der Waals surface area contributed by atoms with Gasteiger partial charge in [0.2, 0.25) is 0 Å². The van der Waals surface area contributed by atoms with Crippen LogP contribution < -0.4 is 4.90 Å². The van der Waals surface area contributed by atoms with Crippen LogP contribution in [0.15, 0.2) is 115 Å². The van der Waals surface area contributed by atoms with Crippen molar-refractivity contribution in [2.75, 3.05) is 4.90 Å². The maximum absolute atomic E-state index is 2.36. The molecule has 0 saturated heterocycles. The van der Waals surface area contributed by atoms with Gasteiger partial charge in [-0.3, -0.25) is 0 Å². The number of rotatable bonds is 4. The molecule has 0 fully saturated rings. The molecule has 0 aliphatic rings. The molecule has 0 N–H and O–H groups in total. The van der Waals surface area contributed by atoms with Crippen LogP contribution in [0.2, 0.25) is 0 Å². The molecule has 1 heterocycles. The molecule has 2 heteroatoms. The molecule has 0 atom stereocenters. The van der Waals surface area contributed by atoms with E-state index in [4.69, 9.17) is 0 Å². The van der Waals surface area contributed by atoms with E-state index in [0.29, 0.717) is 0 Å². The van der Waals surface area contributed by atoms with Crippen LogP contribution in [-0.4, -0.2) is 4.57 Å². The van der Waals surface area contributed by atoms with E-state index in [1.807, 2.05) is 0 Å². The summed E-state index contributed by atoms with van der Waals surface area (Å²) >= 11 is 0. The molecule has 1 aromatic heterocycles. The van der Waals surface area contributed by atoms with Crippen molar-refractivity contribution >= 4 is 33.2 Å². The fourth-order valence-electron chi connectivity index (χ4n) is 4.23. The third-order valence-corrected chi connectivity index (χ3v) is 5.71. The summed E-state index contributed by atoms with van der Waals surface area (Å²) in [4.78, 5) is 2.30. The molecule has 0 bridgehead atoms. The Bertz CT molecular complexity index is 1310. The second kappa shape index (κ2) is 7.57. The van der Waals surface area contributed by atoms with Crippen molar-refractivity contribution in [3.8, 4) is 5.69 Å². The molecule has 0 unspecified atom stereocenters. The number of benzene rings is 4. The largest absolute Gasteiger partial charge is 0.315 e. The minimum absolute atomic E-state index is 1.15. The van der Waals surface area contributed by atoms with Gasteiger partial charge in [0.25, 0.3) is 0 Å². The number of anilines is 2. The zero-order valence-corrected chi connectivity index (χ0v) is 17.3. The van der Waals surface area contributed by atoms with Gasteiger partial charge in [-0.15, -0.1) is 0 Å². The first-order chi connectivity index (χ1) is 14.8. The Balaban J connectivity index is 1.74. The maximum Gasteiger partial charge on any atom is 0.0541 e. The van der Waals surface area contributed by atoms with Gasteiger partial charge in [0, 0.05) is 33.5 Å². The van der Waals surface area contributed by atoms with Crippen molar-refractivity contribution < 1.29 is 0 Å². The molecule has 146 valence electrons. The van der Waals surface area contributed by atoms with Gasteiger partial charge in [0.15, 0.2) is 0 Å². The molecule has 5 aromatic rings. The summed E-state index contributed by atoms with van der Waals surface area (Å²) in [7, 11) is 0. The number of nitrogens with zero attached hydrogens (tertiary/aromatic N) is 2. The Kier molecular flexibility index (Phi) is 4.61. The summed E-state index contributed by atoms with van der Waals surface area (Å²) in [6.07, 6.45) is 2.15. The summed E-state index contributed by atoms with van der Waals surface area (Å²) < 4.78 is 2.36. The van der Waals surface area contributed by atoms with Crippen LogP contribution >= 0.6 is 0 Å². The lowest BCUT2D eigenvalue weighted by molar-refractivity contribution is 1.13. The minimum atomic E-state index is 1.15. The molecule has 2 nitrogen and oxygen atoms in total. The normalized spacial score (nSPS) is 11.9. The number of aromatic nitrogens is 1. The number of hydrogen-bond acceptors (Lipinski definition) is 1. The quantitative estimate of drug-likeness (QED) is 0.304. The van der Waals surface area contributed by atoms with Crippen LogP contribution in [0.3, 0.4) is 0 Å². The summed E-state index contributed by atoms with van der Waals surface area (Å²) in [6, 6.07) is 36.6. The van der Waals surface area contributed by atoms with Crippen LogP contribution in [0.5, 0.6) is 0 Å². The zero-order valence-electron chi connectivity index (χ0n) is 17.3. The topological polar surface area (TPSA) is 8.17 Å². The van der Waals surface area contributed by atoms with Crippen LogP contribution in [0.4, 0.5) is 11.4 Å². The van der Waals surface area contributed by atoms with Crippen molar-refractivity contribution in [2.24, 2.45) is 0 Å². The number of para-hydroxylation sites is 3. The molecule has 0 aliphatic heterocycles. The van der Waals surface area contributed by atoms with E-state index in [0.717, 1.165) is 17.1 Å². The van der Waals surface area contributed by atoms with E-state index in [-0.39, 0.29) is 0 Å². The fraction of sp³-hybridized carbons (Fsp3) is 0.0714. The van der Waals surface area contributed by atoms with Gasteiger partial charge < -0.3 is 9.47 Å². The molecule has 4 aromatic carbocycles. The molecule has 0 radical (unpaired) electrons. The molecular formula is C28H24N2. The van der Waals surface area contributed by atoms with Crippen LogP contribution in [0.1, 0.15) is 13.8 Å². The first-order valence-electron chi connectivity index (χ1n) is 10.3. The summed E-state index contributed by atoms with van der Waals surface area (Å²) in [5.74, 6) is 0. The Morgan fingerprint density at radius 3 is 1.87 bits per heavy atom. The molecule has 30 heavy (non-hydrogen) atoms. The van der Waals surface area contributed by atoms with Gasteiger partial charge in [-0.05, 0) is 56.3 Å². The molecular weight excluding hydrogens is 364 g/mol. The molecule has 0 aliphatic carbocycles. The first-order valence-corrected chi connectivity index (χ1v) is 10.3. The van der Waals surface area contributed by atoms with E-state index in [1.54, 1.807) is 0 Å². The summed E-state index contributed by atoms with van der Waals surface area (Å²) in [5.41, 5.74) is 7.12. The Hall–Kier alpha value is -3.78. The van der Waals surface area contributed by atoms with Crippen molar-refractivity contribution in [1.29, 1.82) is 0 Å². The molecule has 0 amide bonds. The second-order valence-corrected chi connectivity index (χ2v) is 7.49. The van der Waals surface area contributed by atoms with Crippen LogP contribution in [-0.2, 0) is 0 Å². The predicted molar refractivity (Wildman–Crippen MR) is 129 cm³/mol. The van der Waals surface area contributed by atoms with Crippen molar-refractivity contribution in [2.45, 2.75) is 13.8 Å². The van der Waals surface area contributed by atoms with Crippen molar-refractivity contribution in [3.05, 3.63) is 115 Å². The van der Waals surface area contributed by atoms with E-state index >= 15 is 0 Å². The van der Waals surface area contributed by atoms with E-state index in [1.165, 1.54) is 27.5 Å². The lowest BCUT2D eigenvalue weighted by Gasteiger charge is -2.26. The van der Waals surface area contributed by atoms with Gasteiger partial charge in [0.05, 0.1) is 11.0 Å². The molecule has 5 rings (SSSR count). The minimum Gasteiger partial charge on any atom is -0.315 e.